The molecule has 0 aromatic heterocycles. The Morgan fingerprint density at radius 3 is 2.59 bits per heavy atom. The van der Waals surface area contributed by atoms with Crippen molar-refractivity contribution in [2.45, 2.75) is 26.7 Å². The zero-order chi connectivity index (χ0) is 16.1. The maximum absolute atomic E-state index is 12.0. The van der Waals surface area contributed by atoms with E-state index in [1.807, 2.05) is 0 Å². The second-order valence-electron chi connectivity index (χ2n) is 5.43. The van der Waals surface area contributed by atoms with Gasteiger partial charge in [-0.05, 0) is 49.6 Å². The smallest absolute Gasteiger partial charge is 0.224 e. The van der Waals surface area contributed by atoms with Crippen LogP contribution in [0.15, 0.2) is 36.4 Å². The lowest BCUT2D eigenvalue weighted by Crippen LogP contribution is -2.13. The van der Waals surface area contributed by atoms with E-state index >= 15 is 0 Å². The number of methoxy groups -OCH3 is 1. The van der Waals surface area contributed by atoms with Gasteiger partial charge in [-0.1, -0.05) is 23.8 Å². The van der Waals surface area contributed by atoms with E-state index in [-0.39, 0.29) is 5.91 Å². The Bertz CT molecular complexity index is 681. The van der Waals surface area contributed by atoms with Crippen LogP contribution in [0.3, 0.4) is 0 Å². The van der Waals surface area contributed by atoms with Crippen LogP contribution >= 0.6 is 0 Å². The van der Waals surface area contributed by atoms with Gasteiger partial charge in [-0.15, -0.1) is 0 Å². The molecular formula is C18H22N2O2. The van der Waals surface area contributed by atoms with Crippen molar-refractivity contribution < 1.29 is 9.53 Å². The first-order valence-electron chi connectivity index (χ1n) is 7.29. The van der Waals surface area contributed by atoms with Crippen LogP contribution in [0.4, 0.5) is 11.4 Å². The molecule has 4 nitrogen and oxygen atoms in total. The zero-order valence-electron chi connectivity index (χ0n) is 13.3. The lowest BCUT2D eigenvalue weighted by Gasteiger charge is -2.10. The van der Waals surface area contributed by atoms with Crippen molar-refractivity contribution in [1.82, 2.24) is 0 Å². The Balaban J connectivity index is 1.94. The normalized spacial score (nSPS) is 10.3. The van der Waals surface area contributed by atoms with Crippen molar-refractivity contribution in [2.24, 2.45) is 0 Å². The maximum atomic E-state index is 12.0. The number of nitrogens with one attached hydrogen (secondary N) is 1. The van der Waals surface area contributed by atoms with Crippen LogP contribution in [0.25, 0.3) is 0 Å². The molecule has 4 heteroatoms. The van der Waals surface area contributed by atoms with Crippen LogP contribution in [0, 0.1) is 13.8 Å². The molecule has 0 aliphatic rings. The van der Waals surface area contributed by atoms with E-state index in [4.69, 9.17) is 10.5 Å². The summed E-state index contributed by atoms with van der Waals surface area (Å²) in [4.78, 5) is 12.0. The van der Waals surface area contributed by atoms with Crippen molar-refractivity contribution in [3.05, 3.63) is 53.1 Å². The highest BCUT2D eigenvalue weighted by atomic mass is 16.5. The van der Waals surface area contributed by atoms with E-state index in [0.717, 1.165) is 6.42 Å². The van der Waals surface area contributed by atoms with Gasteiger partial charge in [0.05, 0.1) is 12.8 Å². The third-order valence-corrected chi connectivity index (χ3v) is 3.63. The first-order chi connectivity index (χ1) is 10.5. The summed E-state index contributed by atoms with van der Waals surface area (Å²) in [6.07, 6.45) is 1.17. The largest absolute Gasteiger partial charge is 0.495 e. The number of ether oxygens (including phenoxy) is 1. The fourth-order valence-corrected chi connectivity index (χ4v) is 2.41. The number of amides is 1. The Hall–Kier alpha value is -2.49. The third-order valence-electron chi connectivity index (χ3n) is 3.63. The molecule has 0 unspecified atom stereocenters. The van der Waals surface area contributed by atoms with Gasteiger partial charge in [-0.3, -0.25) is 4.79 Å². The summed E-state index contributed by atoms with van der Waals surface area (Å²) in [6, 6.07) is 11.5. The molecule has 0 heterocycles. The number of nitrogens with two attached hydrogens (primary N) is 1. The Labute approximate surface area is 131 Å². The average Bonchev–Trinajstić information content (AvgIpc) is 2.46. The highest BCUT2D eigenvalue weighted by Gasteiger charge is 2.07. The second kappa shape index (κ2) is 6.98. The molecule has 116 valence electrons. The number of carbonyl (C=O) groups is 1. The number of rotatable bonds is 5. The van der Waals surface area contributed by atoms with Gasteiger partial charge in [-0.25, -0.2) is 0 Å². The molecule has 1 amide bonds. The highest BCUT2D eigenvalue weighted by molar-refractivity contribution is 5.91. The molecule has 22 heavy (non-hydrogen) atoms. The first kappa shape index (κ1) is 15.9. The number of carbonyl (C=O) groups excluding carboxylic acids is 1. The zero-order valence-corrected chi connectivity index (χ0v) is 13.3. The molecule has 0 saturated carbocycles. The van der Waals surface area contributed by atoms with E-state index < -0.39 is 0 Å². The van der Waals surface area contributed by atoms with E-state index in [0.29, 0.717) is 23.5 Å². The summed E-state index contributed by atoms with van der Waals surface area (Å²) >= 11 is 0. The molecule has 0 saturated heterocycles. The first-order valence-corrected chi connectivity index (χ1v) is 7.29. The Kier molecular flexibility index (Phi) is 5.04. The van der Waals surface area contributed by atoms with Gasteiger partial charge in [0.2, 0.25) is 5.91 Å². The fraction of sp³-hybridized carbons (Fsp3) is 0.278. The number of nitrogen functional groups attached to an aromatic ring is 1. The van der Waals surface area contributed by atoms with Crippen molar-refractivity contribution in [3.63, 3.8) is 0 Å². The Morgan fingerprint density at radius 2 is 1.95 bits per heavy atom. The van der Waals surface area contributed by atoms with Crippen LogP contribution in [0.5, 0.6) is 5.75 Å². The van der Waals surface area contributed by atoms with Crippen molar-refractivity contribution >= 4 is 17.3 Å². The van der Waals surface area contributed by atoms with Crippen LogP contribution < -0.4 is 15.8 Å². The SMILES string of the molecule is COc1ccc(NC(=O)CCc2ccc(C)cc2C)cc1N. The number of hydrogen-bond donors (Lipinski definition) is 2. The van der Waals surface area contributed by atoms with Crippen LogP contribution in [0.1, 0.15) is 23.1 Å². The quantitative estimate of drug-likeness (QED) is 0.831. The van der Waals surface area contributed by atoms with E-state index in [1.165, 1.54) is 16.7 Å². The summed E-state index contributed by atoms with van der Waals surface area (Å²) in [6.45, 7) is 4.14. The third kappa shape index (κ3) is 4.01. The number of aryl methyl sites for hydroxylation is 3. The molecule has 0 aliphatic carbocycles. The predicted molar refractivity (Wildman–Crippen MR) is 90.3 cm³/mol. The van der Waals surface area contributed by atoms with Crippen molar-refractivity contribution in [3.8, 4) is 5.75 Å². The minimum Gasteiger partial charge on any atom is -0.495 e. The molecule has 2 aromatic rings. The standard InChI is InChI=1S/C18H22N2O2/c1-12-4-5-14(13(2)10-12)6-9-18(21)20-15-7-8-17(22-3)16(19)11-15/h4-5,7-8,10-11H,6,9,19H2,1-3H3,(H,20,21). The fourth-order valence-electron chi connectivity index (χ4n) is 2.41. The van der Waals surface area contributed by atoms with Crippen LogP contribution in [-0.4, -0.2) is 13.0 Å². The van der Waals surface area contributed by atoms with Gasteiger partial charge in [0.15, 0.2) is 0 Å². The molecule has 3 N–H and O–H groups in total. The van der Waals surface area contributed by atoms with Gasteiger partial charge in [-0.2, -0.15) is 0 Å². The maximum Gasteiger partial charge on any atom is 0.224 e. The van der Waals surface area contributed by atoms with E-state index in [1.54, 1.807) is 25.3 Å². The summed E-state index contributed by atoms with van der Waals surface area (Å²) in [5.41, 5.74) is 10.7. The van der Waals surface area contributed by atoms with E-state index in [2.05, 4.69) is 37.4 Å². The molecule has 0 aliphatic heterocycles. The van der Waals surface area contributed by atoms with Gasteiger partial charge in [0.25, 0.3) is 0 Å². The molecule has 2 rings (SSSR count). The van der Waals surface area contributed by atoms with Gasteiger partial charge < -0.3 is 15.8 Å². The minimum atomic E-state index is -0.0236. The second-order valence-corrected chi connectivity index (χ2v) is 5.43. The molecule has 0 bridgehead atoms. The summed E-state index contributed by atoms with van der Waals surface area (Å²) in [7, 11) is 1.56. The monoisotopic (exact) mass is 298 g/mol. The van der Waals surface area contributed by atoms with Gasteiger partial charge in [0, 0.05) is 12.1 Å². The molecule has 0 radical (unpaired) electrons. The summed E-state index contributed by atoms with van der Waals surface area (Å²) in [5.74, 6) is 0.581. The average molecular weight is 298 g/mol. The molecule has 0 spiro atoms. The molecule has 0 atom stereocenters. The minimum absolute atomic E-state index is 0.0236. The van der Waals surface area contributed by atoms with Crippen LogP contribution in [0.2, 0.25) is 0 Å². The van der Waals surface area contributed by atoms with Gasteiger partial charge in [0.1, 0.15) is 5.75 Å². The number of anilines is 2. The molecular weight excluding hydrogens is 276 g/mol. The summed E-state index contributed by atoms with van der Waals surface area (Å²) < 4.78 is 5.10. The highest BCUT2D eigenvalue weighted by Crippen LogP contribution is 2.24. The Morgan fingerprint density at radius 1 is 1.18 bits per heavy atom. The van der Waals surface area contributed by atoms with E-state index in [9.17, 15) is 4.79 Å². The number of hydrogen-bond acceptors (Lipinski definition) is 3. The molecule has 0 fully saturated rings. The topological polar surface area (TPSA) is 64.3 Å². The number of benzene rings is 2. The lowest BCUT2D eigenvalue weighted by atomic mass is 10.0. The van der Waals surface area contributed by atoms with Crippen molar-refractivity contribution in [2.75, 3.05) is 18.2 Å². The molecule has 2 aromatic carbocycles. The predicted octanol–water partition coefficient (Wildman–Crippen LogP) is 3.47. The van der Waals surface area contributed by atoms with Crippen LogP contribution in [-0.2, 0) is 11.2 Å². The lowest BCUT2D eigenvalue weighted by molar-refractivity contribution is -0.116. The van der Waals surface area contributed by atoms with Crippen molar-refractivity contribution in [1.29, 1.82) is 0 Å². The summed E-state index contributed by atoms with van der Waals surface area (Å²) in [5, 5.41) is 2.86. The van der Waals surface area contributed by atoms with Gasteiger partial charge >= 0.3 is 0 Å².